The van der Waals surface area contributed by atoms with E-state index >= 15 is 0 Å². The third-order valence-corrected chi connectivity index (χ3v) is 4.28. The van der Waals surface area contributed by atoms with Crippen LogP contribution in [0.4, 0.5) is 0 Å². The molecule has 1 aliphatic rings. The van der Waals surface area contributed by atoms with E-state index in [4.69, 9.17) is 5.11 Å². The minimum absolute atomic E-state index is 0. The molecule has 140 valence electrons. The Morgan fingerprint density at radius 3 is 2.29 bits per heavy atom. The largest absolute Gasteiger partial charge is 0.481 e. The van der Waals surface area contributed by atoms with Gasteiger partial charge in [0.2, 0.25) is 5.91 Å². The van der Waals surface area contributed by atoms with E-state index in [-0.39, 0.29) is 24.7 Å². The van der Waals surface area contributed by atoms with E-state index in [1.807, 2.05) is 11.0 Å². The third kappa shape index (κ3) is 10.7. The van der Waals surface area contributed by atoms with E-state index in [1.165, 1.54) is 32.1 Å². The van der Waals surface area contributed by atoms with E-state index < -0.39 is 5.97 Å². The van der Waals surface area contributed by atoms with Crippen molar-refractivity contribution >= 4 is 24.3 Å². The van der Waals surface area contributed by atoms with Gasteiger partial charge in [0.15, 0.2) is 0 Å². The lowest BCUT2D eigenvalue weighted by Gasteiger charge is -2.34. The highest BCUT2D eigenvalue weighted by molar-refractivity contribution is 5.87. The first-order valence-electron chi connectivity index (χ1n) is 9.03. The molecule has 0 saturated carbocycles. The van der Waals surface area contributed by atoms with Gasteiger partial charge in [0, 0.05) is 32.6 Å². The normalized spacial score (nSPS) is 15.5. The van der Waals surface area contributed by atoms with Gasteiger partial charge < -0.3 is 10.0 Å². The summed E-state index contributed by atoms with van der Waals surface area (Å²) in [4.78, 5) is 26.7. The smallest absolute Gasteiger partial charge is 0.303 e. The number of allylic oxidation sites excluding steroid dienone is 1. The number of carbonyl (C=O) groups is 2. The molecular weight excluding hydrogens is 328 g/mol. The van der Waals surface area contributed by atoms with Crippen molar-refractivity contribution in [1.82, 2.24) is 9.80 Å². The molecule has 0 aromatic rings. The monoisotopic (exact) mass is 360 g/mol. The number of hydrogen-bond donors (Lipinski definition) is 1. The molecule has 1 saturated heterocycles. The molecule has 0 aromatic carbocycles. The van der Waals surface area contributed by atoms with Crippen LogP contribution in [0.3, 0.4) is 0 Å². The number of carboxylic acid groups (broad SMARTS) is 1. The fourth-order valence-electron chi connectivity index (χ4n) is 2.80. The summed E-state index contributed by atoms with van der Waals surface area (Å²) in [6.07, 6.45) is 11.9. The number of aliphatic carboxylic acids is 1. The van der Waals surface area contributed by atoms with Gasteiger partial charge in [0.25, 0.3) is 0 Å². The highest BCUT2D eigenvalue weighted by Crippen LogP contribution is 2.07. The van der Waals surface area contributed by atoms with E-state index in [1.54, 1.807) is 6.08 Å². The zero-order valence-corrected chi connectivity index (χ0v) is 15.7. The summed E-state index contributed by atoms with van der Waals surface area (Å²) in [5.74, 6) is -0.623. The maximum Gasteiger partial charge on any atom is 0.303 e. The maximum absolute atomic E-state index is 12.1. The molecular formula is C18H33ClN2O3. The van der Waals surface area contributed by atoms with Crippen LogP contribution < -0.4 is 0 Å². The quantitative estimate of drug-likeness (QED) is 0.453. The van der Waals surface area contributed by atoms with Crippen molar-refractivity contribution in [1.29, 1.82) is 0 Å². The molecule has 0 bridgehead atoms. The molecule has 0 aromatic heterocycles. The molecule has 1 fully saturated rings. The topological polar surface area (TPSA) is 60.9 Å². The Morgan fingerprint density at radius 1 is 1.00 bits per heavy atom. The zero-order valence-electron chi connectivity index (χ0n) is 14.9. The number of rotatable bonds is 11. The number of halogens is 1. The molecule has 6 heteroatoms. The van der Waals surface area contributed by atoms with Crippen LogP contribution >= 0.6 is 12.4 Å². The van der Waals surface area contributed by atoms with Crippen LogP contribution in [0.5, 0.6) is 0 Å². The number of carbonyl (C=O) groups excluding carboxylic acids is 1. The molecule has 1 N–H and O–H groups in total. The fourth-order valence-corrected chi connectivity index (χ4v) is 2.80. The van der Waals surface area contributed by atoms with Crippen molar-refractivity contribution in [3.8, 4) is 0 Å². The van der Waals surface area contributed by atoms with Gasteiger partial charge in [-0.1, -0.05) is 38.7 Å². The van der Waals surface area contributed by atoms with Crippen LogP contribution in [-0.4, -0.2) is 59.5 Å². The first-order valence-corrected chi connectivity index (χ1v) is 9.03. The molecule has 1 aliphatic heterocycles. The number of carboxylic acids is 1. The van der Waals surface area contributed by atoms with Gasteiger partial charge in [-0.15, -0.1) is 12.4 Å². The summed E-state index contributed by atoms with van der Waals surface area (Å²) in [5, 5.41) is 8.64. The highest BCUT2D eigenvalue weighted by atomic mass is 35.5. The Labute approximate surface area is 152 Å². The van der Waals surface area contributed by atoms with Crippen molar-refractivity contribution in [2.45, 2.75) is 58.3 Å². The first-order chi connectivity index (χ1) is 11.1. The fraction of sp³-hybridized carbons (Fsp3) is 0.778. The first kappa shape index (κ1) is 22.9. The van der Waals surface area contributed by atoms with Crippen LogP contribution in [0.25, 0.3) is 0 Å². The number of unbranched alkanes of at least 4 members (excludes halogenated alkanes) is 5. The summed E-state index contributed by atoms with van der Waals surface area (Å²) in [7, 11) is 0. The van der Waals surface area contributed by atoms with Crippen molar-refractivity contribution in [2.75, 3.05) is 32.7 Å². The molecule has 5 nitrogen and oxygen atoms in total. The molecule has 0 radical (unpaired) electrons. The molecule has 1 heterocycles. The predicted molar refractivity (Wildman–Crippen MR) is 99.7 cm³/mol. The van der Waals surface area contributed by atoms with E-state index in [0.29, 0.717) is 6.42 Å². The standard InChI is InChI=1S/C18H32N2O3.ClH/c1-2-3-4-5-6-7-8-10-17(21)20-15-13-19(14-16-20)12-9-11-18(22)23;/h8,10H,2-7,9,11-16H2,1H3,(H,22,23);1H. The maximum atomic E-state index is 12.1. The molecule has 1 rings (SSSR count). The van der Waals surface area contributed by atoms with Crippen molar-refractivity contribution in [3.05, 3.63) is 12.2 Å². The van der Waals surface area contributed by atoms with E-state index in [0.717, 1.165) is 39.1 Å². The second-order valence-corrected chi connectivity index (χ2v) is 6.27. The summed E-state index contributed by atoms with van der Waals surface area (Å²) >= 11 is 0. The Hall–Kier alpha value is -1.07. The van der Waals surface area contributed by atoms with Crippen LogP contribution in [-0.2, 0) is 9.59 Å². The SMILES string of the molecule is CCCCCCCC=CC(=O)N1CCN(CCCC(=O)O)CC1.Cl. The van der Waals surface area contributed by atoms with E-state index in [9.17, 15) is 9.59 Å². The molecule has 0 spiro atoms. The van der Waals surface area contributed by atoms with Crippen molar-refractivity contribution < 1.29 is 14.7 Å². The van der Waals surface area contributed by atoms with Gasteiger partial charge >= 0.3 is 5.97 Å². The summed E-state index contributed by atoms with van der Waals surface area (Å²) in [6.45, 7) is 6.19. The molecule has 0 atom stereocenters. The lowest BCUT2D eigenvalue weighted by atomic mass is 10.1. The van der Waals surface area contributed by atoms with Gasteiger partial charge in [0.1, 0.15) is 0 Å². The van der Waals surface area contributed by atoms with Crippen LogP contribution in [0, 0.1) is 0 Å². The lowest BCUT2D eigenvalue weighted by molar-refractivity contribution is -0.137. The van der Waals surface area contributed by atoms with Crippen molar-refractivity contribution in [2.24, 2.45) is 0 Å². The minimum atomic E-state index is -0.737. The van der Waals surface area contributed by atoms with Gasteiger partial charge in [0.05, 0.1) is 0 Å². The van der Waals surface area contributed by atoms with E-state index in [2.05, 4.69) is 11.8 Å². The number of nitrogens with zero attached hydrogens (tertiary/aromatic N) is 2. The molecule has 0 unspecified atom stereocenters. The zero-order chi connectivity index (χ0) is 16.9. The minimum Gasteiger partial charge on any atom is -0.481 e. The average Bonchev–Trinajstić information content (AvgIpc) is 2.54. The van der Waals surface area contributed by atoms with Gasteiger partial charge in [-0.2, -0.15) is 0 Å². The third-order valence-electron chi connectivity index (χ3n) is 4.28. The van der Waals surface area contributed by atoms with Gasteiger partial charge in [-0.25, -0.2) is 0 Å². The summed E-state index contributed by atoms with van der Waals surface area (Å²) in [5.41, 5.74) is 0. The Morgan fingerprint density at radius 2 is 1.67 bits per heavy atom. The Balaban J connectivity index is 0.00000529. The van der Waals surface area contributed by atoms with Gasteiger partial charge in [-0.05, 0) is 31.9 Å². The number of amides is 1. The Bertz CT molecular complexity index is 380. The molecule has 1 amide bonds. The van der Waals surface area contributed by atoms with Crippen LogP contribution in [0.1, 0.15) is 58.3 Å². The Kier molecular flexibility index (Phi) is 13.7. The predicted octanol–water partition coefficient (Wildman–Crippen LogP) is 3.33. The second-order valence-electron chi connectivity index (χ2n) is 6.27. The molecule has 24 heavy (non-hydrogen) atoms. The molecule has 0 aliphatic carbocycles. The number of piperazine rings is 1. The van der Waals surface area contributed by atoms with Gasteiger partial charge in [-0.3, -0.25) is 14.5 Å². The average molecular weight is 361 g/mol. The summed E-state index contributed by atoms with van der Waals surface area (Å²) in [6, 6.07) is 0. The van der Waals surface area contributed by atoms with Crippen molar-refractivity contribution in [3.63, 3.8) is 0 Å². The highest BCUT2D eigenvalue weighted by Gasteiger charge is 2.19. The van der Waals surface area contributed by atoms with Crippen LogP contribution in [0.15, 0.2) is 12.2 Å². The lowest BCUT2D eigenvalue weighted by Crippen LogP contribution is -2.48. The summed E-state index contributed by atoms with van der Waals surface area (Å²) < 4.78 is 0. The second kappa shape index (κ2) is 14.3. The number of hydrogen-bond acceptors (Lipinski definition) is 3. The van der Waals surface area contributed by atoms with Crippen LogP contribution in [0.2, 0.25) is 0 Å².